The van der Waals surface area contributed by atoms with Crippen LogP contribution in [-0.4, -0.2) is 37.7 Å². The molecule has 0 amide bonds. The summed E-state index contributed by atoms with van der Waals surface area (Å²) in [6.07, 6.45) is 9.65. The van der Waals surface area contributed by atoms with Crippen LogP contribution in [-0.2, 0) is 25.9 Å². The summed E-state index contributed by atoms with van der Waals surface area (Å²) in [6, 6.07) is 0.971. The Balaban J connectivity index is 1.29. The van der Waals surface area contributed by atoms with Crippen molar-refractivity contribution in [2.45, 2.75) is 82.5 Å². The van der Waals surface area contributed by atoms with Crippen LogP contribution in [0.15, 0.2) is 0 Å². The maximum absolute atomic E-state index is 5.99. The van der Waals surface area contributed by atoms with Gasteiger partial charge < -0.3 is 10.3 Å². The number of thiazole rings is 1. The fraction of sp³-hybridized carbons (Fsp3) is 0.737. The molecular weight excluding hydrogens is 344 g/mol. The molecule has 0 unspecified atom stereocenters. The van der Waals surface area contributed by atoms with Gasteiger partial charge in [0.25, 0.3) is 0 Å². The van der Waals surface area contributed by atoms with Crippen molar-refractivity contribution in [3.63, 3.8) is 0 Å². The van der Waals surface area contributed by atoms with Crippen molar-refractivity contribution in [1.29, 1.82) is 0 Å². The molecule has 0 radical (unpaired) electrons. The summed E-state index contributed by atoms with van der Waals surface area (Å²) < 4.78 is 2.43. The highest BCUT2D eigenvalue weighted by atomic mass is 32.1. The van der Waals surface area contributed by atoms with Gasteiger partial charge in [-0.25, -0.2) is 4.98 Å². The lowest BCUT2D eigenvalue weighted by Crippen LogP contribution is -2.36. The van der Waals surface area contributed by atoms with Crippen molar-refractivity contribution >= 4 is 11.3 Å². The molecule has 5 rings (SSSR count). The summed E-state index contributed by atoms with van der Waals surface area (Å²) in [6.45, 7) is 1.74. The highest BCUT2D eigenvalue weighted by molar-refractivity contribution is 7.11. The molecule has 7 heteroatoms. The number of hydrogen-bond donors (Lipinski definition) is 1. The largest absolute Gasteiger partial charge is 0.328 e. The van der Waals surface area contributed by atoms with E-state index in [1.807, 2.05) is 11.3 Å². The Labute approximate surface area is 158 Å². The van der Waals surface area contributed by atoms with Crippen LogP contribution in [0, 0.1) is 0 Å². The van der Waals surface area contributed by atoms with Crippen LogP contribution in [0.5, 0.6) is 0 Å². The molecule has 140 valence electrons. The molecular formula is C19H28N6S. The standard InChI is InChI=1S/C19H28N6S/c1-24(11-18-21-15-4-2-3-5-16(15)26-18)10-17-22-23-19(12-8-13(20)9-12)25(17)14-6-7-14/h12-14H,2-11,20H2,1H3. The van der Waals surface area contributed by atoms with E-state index in [0.29, 0.717) is 18.0 Å². The fourth-order valence-corrected chi connectivity index (χ4v) is 5.57. The zero-order chi connectivity index (χ0) is 17.7. The molecule has 0 aromatic carbocycles. The van der Waals surface area contributed by atoms with Crippen LogP contribution in [0.25, 0.3) is 0 Å². The molecule has 2 aromatic rings. The molecule has 3 aliphatic carbocycles. The summed E-state index contributed by atoms with van der Waals surface area (Å²) in [5, 5.41) is 10.4. The molecule has 3 aliphatic rings. The van der Waals surface area contributed by atoms with Gasteiger partial charge in [0.1, 0.15) is 16.7 Å². The molecule has 6 nitrogen and oxygen atoms in total. The van der Waals surface area contributed by atoms with E-state index in [2.05, 4.69) is 26.7 Å². The number of rotatable bonds is 6. The summed E-state index contributed by atoms with van der Waals surface area (Å²) in [4.78, 5) is 8.74. The summed E-state index contributed by atoms with van der Waals surface area (Å²) >= 11 is 1.91. The minimum atomic E-state index is 0.353. The second kappa shape index (κ2) is 6.69. The summed E-state index contributed by atoms with van der Waals surface area (Å²) in [5.41, 5.74) is 7.35. The zero-order valence-electron chi connectivity index (χ0n) is 15.5. The molecule has 2 aromatic heterocycles. The van der Waals surface area contributed by atoms with E-state index in [1.54, 1.807) is 0 Å². The van der Waals surface area contributed by atoms with Gasteiger partial charge in [-0.2, -0.15) is 0 Å². The molecule has 2 heterocycles. The normalized spacial score (nSPS) is 25.3. The van der Waals surface area contributed by atoms with E-state index in [0.717, 1.165) is 31.8 Å². The van der Waals surface area contributed by atoms with Gasteiger partial charge in [-0.15, -0.1) is 21.5 Å². The van der Waals surface area contributed by atoms with Crippen LogP contribution < -0.4 is 5.73 Å². The number of aryl methyl sites for hydroxylation is 2. The van der Waals surface area contributed by atoms with Crippen LogP contribution in [0.3, 0.4) is 0 Å². The zero-order valence-corrected chi connectivity index (χ0v) is 16.3. The molecule has 0 spiro atoms. The Morgan fingerprint density at radius 3 is 2.69 bits per heavy atom. The monoisotopic (exact) mass is 372 g/mol. The predicted molar refractivity (Wildman–Crippen MR) is 102 cm³/mol. The summed E-state index contributed by atoms with van der Waals surface area (Å²) in [7, 11) is 2.17. The Morgan fingerprint density at radius 2 is 1.96 bits per heavy atom. The highest BCUT2D eigenvalue weighted by Crippen LogP contribution is 2.42. The van der Waals surface area contributed by atoms with Crippen molar-refractivity contribution < 1.29 is 0 Å². The van der Waals surface area contributed by atoms with E-state index >= 15 is 0 Å². The lowest BCUT2D eigenvalue weighted by atomic mass is 9.80. The van der Waals surface area contributed by atoms with Crippen molar-refractivity contribution in [1.82, 2.24) is 24.6 Å². The Morgan fingerprint density at radius 1 is 1.15 bits per heavy atom. The van der Waals surface area contributed by atoms with Gasteiger partial charge in [-0.05, 0) is 58.4 Å². The lowest BCUT2D eigenvalue weighted by molar-refractivity contribution is 0.298. The molecule has 0 bridgehead atoms. The average Bonchev–Trinajstić information content (AvgIpc) is 3.22. The number of nitrogens with zero attached hydrogens (tertiary/aromatic N) is 5. The van der Waals surface area contributed by atoms with E-state index < -0.39 is 0 Å². The van der Waals surface area contributed by atoms with Crippen LogP contribution >= 0.6 is 11.3 Å². The topological polar surface area (TPSA) is 72.9 Å². The molecule has 0 aliphatic heterocycles. The number of fused-ring (bicyclic) bond motifs is 1. The second-order valence-corrected chi connectivity index (χ2v) is 9.53. The first-order valence-electron chi connectivity index (χ1n) is 10.0. The van der Waals surface area contributed by atoms with Crippen LogP contribution in [0.1, 0.15) is 77.7 Å². The fourth-order valence-electron chi connectivity index (χ4n) is 4.33. The van der Waals surface area contributed by atoms with Gasteiger partial charge in [0.05, 0.1) is 18.8 Å². The number of hydrogen-bond acceptors (Lipinski definition) is 6. The minimum absolute atomic E-state index is 0.353. The SMILES string of the molecule is CN(Cc1nc2c(s1)CCCC2)Cc1nnc(C2CC(N)C2)n1C1CC1. The predicted octanol–water partition coefficient (Wildman–Crippen LogP) is 2.79. The van der Waals surface area contributed by atoms with Gasteiger partial charge in [0.2, 0.25) is 0 Å². The summed E-state index contributed by atoms with van der Waals surface area (Å²) in [5.74, 6) is 2.82. The van der Waals surface area contributed by atoms with Crippen molar-refractivity contribution in [2.24, 2.45) is 5.73 Å². The Bertz CT molecular complexity index is 763. The second-order valence-electron chi connectivity index (χ2n) is 8.36. The van der Waals surface area contributed by atoms with E-state index in [9.17, 15) is 0 Å². The van der Waals surface area contributed by atoms with Crippen molar-refractivity contribution in [3.8, 4) is 0 Å². The van der Waals surface area contributed by atoms with Gasteiger partial charge >= 0.3 is 0 Å². The number of aromatic nitrogens is 4. The minimum Gasteiger partial charge on any atom is -0.328 e. The third-order valence-corrected chi connectivity index (χ3v) is 7.09. The first-order chi connectivity index (χ1) is 12.7. The molecule has 0 atom stereocenters. The lowest BCUT2D eigenvalue weighted by Gasteiger charge is -2.32. The first-order valence-corrected chi connectivity index (χ1v) is 10.8. The van der Waals surface area contributed by atoms with Crippen molar-refractivity contribution in [3.05, 3.63) is 27.2 Å². The smallest absolute Gasteiger partial charge is 0.147 e. The average molecular weight is 373 g/mol. The quantitative estimate of drug-likeness (QED) is 0.844. The molecule has 26 heavy (non-hydrogen) atoms. The third kappa shape index (κ3) is 3.21. The van der Waals surface area contributed by atoms with Crippen LogP contribution in [0.2, 0.25) is 0 Å². The van der Waals surface area contributed by atoms with Gasteiger partial charge in [-0.3, -0.25) is 4.90 Å². The van der Waals surface area contributed by atoms with E-state index in [1.165, 1.54) is 59.9 Å². The van der Waals surface area contributed by atoms with Crippen LogP contribution in [0.4, 0.5) is 0 Å². The third-order valence-electron chi connectivity index (χ3n) is 5.95. The maximum atomic E-state index is 5.99. The maximum Gasteiger partial charge on any atom is 0.147 e. The van der Waals surface area contributed by atoms with Gasteiger partial charge in [-0.1, -0.05) is 0 Å². The van der Waals surface area contributed by atoms with Gasteiger partial charge in [0, 0.05) is 22.9 Å². The highest BCUT2D eigenvalue weighted by Gasteiger charge is 2.37. The molecule has 2 fully saturated rings. The number of nitrogens with two attached hydrogens (primary N) is 1. The van der Waals surface area contributed by atoms with E-state index in [-0.39, 0.29) is 0 Å². The van der Waals surface area contributed by atoms with E-state index in [4.69, 9.17) is 10.7 Å². The van der Waals surface area contributed by atoms with Crippen molar-refractivity contribution in [2.75, 3.05) is 7.05 Å². The molecule has 2 N–H and O–H groups in total. The molecule has 2 saturated carbocycles. The Hall–Kier alpha value is -1.31. The first kappa shape index (κ1) is 16.8. The Kier molecular flexibility index (Phi) is 4.33. The molecule has 0 saturated heterocycles. The van der Waals surface area contributed by atoms with Gasteiger partial charge in [0.15, 0.2) is 0 Å².